The van der Waals surface area contributed by atoms with Gasteiger partial charge in [-0.05, 0) is 43.3 Å². The van der Waals surface area contributed by atoms with Crippen molar-refractivity contribution in [3.63, 3.8) is 0 Å². The molecular formula is C23H26FN9S. The van der Waals surface area contributed by atoms with Gasteiger partial charge in [-0.2, -0.15) is 0 Å². The Bertz CT molecular complexity index is 1280. The van der Waals surface area contributed by atoms with Crippen LogP contribution in [0.25, 0.3) is 10.3 Å². The van der Waals surface area contributed by atoms with E-state index in [9.17, 15) is 4.39 Å². The van der Waals surface area contributed by atoms with E-state index in [0.29, 0.717) is 17.0 Å². The molecule has 0 fully saturated rings. The number of pyridine rings is 1. The lowest BCUT2D eigenvalue weighted by Gasteiger charge is -2.12. The second kappa shape index (κ2) is 10.1. The second-order valence-electron chi connectivity index (χ2n) is 7.91. The highest BCUT2D eigenvalue weighted by Crippen LogP contribution is 2.32. The summed E-state index contributed by atoms with van der Waals surface area (Å²) in [5, 5.41) is 17.8. The first kappa shape index (κ1) is 22.2. The summed E-state index contributed by atoms with van der Waals surface area (Å²) in [6.45, 7) is 1.93. The number of anilines is 4. The van der Waals surface area contributed by atoms with E-state index in [1.165, 1.54) is 12.4 Å². The molecule has 0 saturated heterocycles. The van der Waals surface area contributed by atoms with Crippen molar-refractivity contribution >= 4 is 44.6 Å². The first-order valence-corrected chi connectivity index (χ1v) is 12.0. The number of halogens is 1. The highest BCUT2D eigenvalue weighted by Gasteiger charge is 2.19. The molecule has 5 N–H and O–H groups in total. The zero-order chi connectivity index (χ0) is 23.3. The van der Waals surface area contributed by atoms with Crippen molar-refractivity contribution in [3.05, 3.63) is 59.4 Å². The highest BCUT2D eigenvalue weighted by atomic mass is 32.1. The highest BCUT2D eigenvalue weighted by molar-refractivity contribution is 7.18. The van der Waals surface area contributed by atoms with Gasteiger partial charge in [-0.25, -0.2) is 19.3 Å². The van der Waals surface area contributed by atoms with E-state index in [-0.39, 0.29) is 18.5 Å². The lowest BCUT2D eigenvalue weighted by atomic mass is 10.2. The Hall–Kier alpha value is -3.57. The number of aromatic nitrogens is 4. The van der Waals surface area contributed by atoms with Gasteiger partial charge in [0.15, 0.2) is 5.82 Å². The van der Waals surface area contributed by atoms with Gasteiger partial charge in [0.2, 0.25) is 0 Å². The summed E-state index contributed by atoms with van der Waals surface area (Å²) in [7, 11) is 1.92. The lowest BCUT2D eigenvalue weighted by molar-refractivity contribution is 0.602. The zero-order valence-corrected chi connectivity index (χ0v) is 19.5. The Morgan fingerprint density at radius 2 is 2.00 bits per heavy atom. The molecule has 9 nitrogen and oxygen atoms in total. The Morgan fingerprint density at radius 1 is 1.09 bits per heavy atom. The first-order valence-electron chi connectivity index (χ1n) is 11.2. The van der Waals surface area contributed by atoms with Crippen LogP contribution in [0, 0.1) is 5.82 Å². The molecule has 1 aromatic carbocycles. The molecule has 0 aliphatic carbocycles. The van der Waals surface area contributed by atoms with Crippen molar-refractivity contribution in [3.8, 4) is 0 Å². The summed E-state index contributed by atoms with van der Waals surface area (Å²) in [5.41, 5.74) is 4.40. The molecule has 4 heterocycles. The van der Waals surface area contributed by atoms with Crippen molar-refractivity contribution in [2.45, 2.75) is 25.6 Å². The van der Waals surface area contributed by atoms with Crippen LogP contribution >= 0.6 is 11.3 Å². The van der Waals surface area contributed by atoms with E-state index in [4.69, 9.17) is 4.98 Å². The van der Waals surface area contributed by atoms with Crippen molar-refractivity contribution in [2.24, 2.45) is 0 Å². The third kappa shape index (κ3) is 5.00. The minimum atomic E-state index is -0.347. The van der Waals surface area contributed by atoms with Crippen LogP contribution in [0.1, 0.15) is 17.1 Å². The number of thiazole rings is 1. The fourth-order valence-electron chi connectivity index (χ4n) is 3.82. The van der Waals surface area contributed by atoms with E-state index in [1.54, 1.807) is 23.6 Å². The maximum absolute atomic E-state index is 13.8. The second-order valence-corrected chi connectivity index (χ2v) is 8.97. The van der Waals surface area contributed by atoms with Crippen LogP contribution in [-0.2, 0) is 13.0 Å². The van der Waals surface area contributed by atoms with Crippen LogP contribution in [-0.4, -0.2) is 46.2 Å². The van der Waals surface area contributed by atoms with Gasteiger partial charge in [-0.15, -0.1) is 0 Å². The molecule has 0 saturated carbocycles. The number of hydrogen-bond acceptors (Lipinski definition) is 10. The van der Waals surface area contributed by atoms with Gasteiger partial charge in [0.1, 0.15) is 22.5 Å². The quantitative estimate of drug-likeness (QED) is 0.218. The molecule has 11 heteroatoms. The fourth-order valence-corrected chi connectivity index (χ4v) is 4.72. The van der Waals surface area contributed by atoms with Gasteiger partial charge in [-0.3, -0.25) is 4.98 Å². The third-order valence-electron chi connectivity index (χ3n) is 5.59. The number of nitrogens with zero attached hydrogens (tertiary/aromatic N) is 4. The van der Waals surface area contributed by atoms with E-state index < -0.39 is 0 Å². The summed E-state index contributed by atoms with van der Waals surface area (Å²) in [5.74, 6) is 0.241. The molecule has 3 aromatic heterocycles. The number of nitrogens with one attached hydrogen (secondary N) is 5. The van der Waals surface area contributed by atoms with E-state index in [1.807, 2.05) is 7.05 Å². The summed E-state index contributed by atoms with van der Waals surface area (Å²) < 4.78 is 13.8. The molecular weight excluding hydrogens is 453 g/mol. The molecule has 176 valence electrons. The Kier molecular flexibility index (Phi) is 6.63. The van der Waals surface area contributed by atoms with Gasteiger partial charge < -0.3 is 26.6 Å². The summed E-state index contributed by atoms with van der Waals surface area (Å²) in [4.78, 5) is 18.2. The van der Waals surface area contributed by atoms with Crippen LogP contribution in [0.2, 0.25) is 0 Å². The van der Waals surface area contributed by atoms with Crippen LogP contribution in [0.5, 0.6) is 0 Å². The molecule has 34 heavy (non-hydrogen) atoms. The first-order chi connectivity index (χ1) is 16.7. The maximum atomic E-state index is 13.8. The number of fused-ring (bicyclic) bond motifs is 2. The van der Waals surface area contributed by atoms with Crippen LogP contribution < -0.4 is 26.6 Å². The molecule has 0 spiro atoms. The average Bonchev–Trinajstić information content (AvgIpc) is 3.46. The van der Waals surface area contributed by atoms with Crippen molar-refractivity contribution < 1.29 is 4.39 Å². The lowest BCUT2D eigenvalue weighted by Crippen LogP contribution is -2.28. The van der Waals surface area contributed by atoms with E-state index in [0.717, 1.165) is 52.8 Å². The molecule has 0 radical (unpaired) electrons. The van der Waals surface area contributed by atoms with Gasteiger partial charge in [0, 0.05) is 31.9 Å². The van der Waals surface area contributed by atoms with Crippen molar-refractivity contribution in [1.29, 1.82) is 0 Å². The van der Waals surface area contributed by atoms with Gasteiger partial charge in [0.25, 0.3) is 0 Å². The van der Waals surface area contributed by atoms with Crippen molar-refractivity contribution in [2.75, 3.05) is 41.4 Å². The monoisotopic (exact) mass is 479 g/mol. The number of benzene rings is 1. The summed E-state index contributed by atoms with van der Waals surface area (Å²) in [6.07, 6.45) is 5.03. The van der Waals surface area contributed by atoms with Gasteiger partial charge in [0.05, 0.1) is 34.8 Å². The van der Waals surface area contributed by atoms with E-state index >= 15 is 0 Å². The number of rotatable bonds is 10. The molecule has 5 rings (SSSR count). The Labute approximate surface area is 200 Å². The summed E-state index contributed by atoms with van der Waals surface area (Å²) in [6, 6.07) is 9.23. The van der Waals surface area contributed by atoms with E-state index in [2.05, 4.69) is 59.7 Å². The predicted molar refractivity (Wildman–Crippen MR) is 135 cm³/mol. The topological polar surface area (TPSA) is 112 Å². The predicted octanol–water partition coefficient (Wildman–Crippen LogP) is 3.66. The Balaban J connectivity index is 1.10. The molecule has 1 aliphatic rings. The third-order valence-corrected chi connectivity index (χ3v) is 6.61. The van der Waals surface area contributed by atoms with Crippen LogP contribution in [0.3, 0.4) is 0 Å². The number of hydrogen-bond donors (Lipinski definition) is 5. The van der Waals surface area contributed by atoms with Crippen molar-refractivity contribution in [1.82, 2.24) is 25.3 Å². The molecule has 1 aliphatic heterocycles. The normalized spacial score (nSPS) is 14.5. The smallest absolute Gasteiger partial charge is 0.157 e. The fraction of sp³-hybridized carbons (Fsp3) is 0.304. The standard InChI is InChI=1S/C23H26FN9S/c1-25-14-4-5-16-17(11-14)32-19(31-16)6-9-26-10-7-20-33-21-22(29-13-30-23(21)34-20)28-12-18-15(24)3-2-8-27-18/h2-5,8,11,13,19,25-26,31-32H,6-7,9-10,12H2,1H3,(H,28,29,30). The zero-order valence-electron chi connectivity index (χ0n) is 18.7. The minimum absolute atomic E-state index is 0.213. The minimum Gasteiger partial charge on any atom is -0.388 e. The van der Waals surface area contributed by atoms with Crippen LogP contribution in [0.4, 0.5) is 27.3 Å². The molecule has 0 bridgehead atoms. The molecule has 1 atom stereocenters. The van der Waals surface area contributed by atoms with Crippen LogP contribution in [0.15, 0.2) is 42.9 Å². The summed E-state index contributed by atoms with van der Waals surface area (Å²) >= 11 is 1.55. The van der Waals surface area contributed by atoms with Gasteiger partial charge >= 0.3 is 0 Å². The molecule has 0 amide bonds. The molecule has 4 aromatic rings. The molecule has 1 unspecified atom stereocenters. The Morgan fingerprint density at radius 3 is 2.88 bits per heavy atom. The SMILES string of the molecule is CNc1ccc2c(c1)NC(CCNCCc1nc3c(NCc4ncccc4F)ncnc3s1)N2. The average molecular weight is 480 g/mol. The maximum Gasteiger partial charge on any atom is 0.157 e. The largest absolute Gasteiger partial charge is 0.388 e. The van der Waals surface area contributed by atoms with Gasteiger partial charge in [-0.1, -0.05) is 11.3 Å².